The molecule has 9 heteroatoms. The van der Waals surface area contributed by atoms with Crippen molar-refractivity contribution in [2.75, 3.05) is 65.9 Å². The normalized spacial score (nSPS) is 8.88. The molecule has 25 heavy (non-hydrogen) atoms. The summed E-state index contributed by atoms with van der Waals surface area (Å²) in [5.41, 5.74) is 0. The second-order valence-corrected chi connectivity index (χ2v) is 4.61. The zero-order valence-corrected chi connectivity index (χ0v) is 17.5. The molecule has 0 saturated carbocycles. The summed E-state index contributed by atoms with van der Waals surface area (Å²) in [6, 6.07) is 0. The van der Waals surface area contributed by atoms with Crippen molar-refractivity contribution >= 4 is 0 Å². The largest absolute Gasteiger partial charge is 0.396 e. The van der Waals surface area contributed by atoms with Gasteiger partial charge >= 0.3 is 0 Å². The Morgan fingerprint density at radius 3 is 0.840 bits per heavy atom. The van der Waals surface area contributed by atoms with Gasteiger partial charge in [-0.1, -0.05) is 26.7 Å². The van der Waals surface area contributed by atoms with Gasteiger partial charge in [0, 0.05) is 54.6 Å². The van der Waals surface area contributed by atoms with Gasteiger partial charge in [0.05, 0.1) is 33.0 Å². The minimum atomic E-state index is -0.125. The fraction of sp³-hybridized carbons (Fsp3) is 1.00. The number of rotatable bonds is 11. The fourth-order valence-electron chi connectivity index (χ4n) is 1.08. The molecule has 0 amide bonds. The van der Waals surface area contributed by atoms with Crippen molar-refractivity contribution in [3.63, 3.8) is 0 Å². The molecule has 0 saturated heterocycles. The van der Waals surface area contributed by atoms with Gasteiger partial charge < -0.3 is 35.7 Å². The van der Waals surface area contributed by atoms with Crippen molar-refractivity contribution < 1.29 is 57.5 Å². The van der Waals surface area contributed by atoms with Gasteiger partial charge in [-0.2, -0.15) is 0 Å². The molecule has 0 aromatic heterocycles. The topological polar surface area (TPSA) is 145 Å². The van der Waals surface area contributed by atoms with E-state index in [2.05, 4.69) is 13.8 Å². The summed E-state index contributed by atoms with van der Waals surface area (Å²) in [6.45, 7) is 6.29. The van der Waals surface area contributed by atoms with E-state index >= 15 is 0 Å². The summed E-state index contributed by atoms with van der Waals surface area (Å²) < 4.78 is 0. The summed E-state index contributed by atoms with van der Waals surface area (Å²) >= 11 is 0. The average Bonchev–Trinajstić information content (AvgIpc) is 2.58. The summed E-state index contributed by atoms with van der Waals surface area (Å²) in [5.74, 6) is 0. The number of unbranched alkanes of at least 4 members (excludes halogenated alkanes) is 2. The van der Waals surface area contributed by atoms with Crippen LogP contribution in [0.15, 0.2) is 0 Å². The summed E-state index contributed by atoms with van der Waals surface area (Å²) in [4.78, 5) is 1.79. The van der Waals surface area contributed by atoms with Crippen LogP contribution >= 0.6 is 0 Å². The van der Waals surface area contributed by atoms with Crippen LogP contribution in [0.5, 0.6) is 0 Å². The first kappa shape index (κ1) is 36.3. The molecule has 0 radical (unpaired) electrons. The molecule has 0 aromatic rings. The molecule has 0 aromatic carbocycles. The Morgan fingerprint density at radius 2 is 0.760 bits per heavy atom. The van der Waals surface area contributed by atoms with Crippen molar-refractivity contribution in [3.05, 3.63) is 0 Å². The molecule has 0 fully saturated rings. The first-order valence-electron chi connectivity index (χ1n) is 8.58. The maximum absolute atomic E-state index is 8.48. The Bertz CT molecular complexity index is 145. The molecule has 0 aliphatic rings. The molecule has 0 heterocycles. The van der Waals surface area contributed by atoms with Gasteiger partial charge in [-0.15, -0.1) is 0 Å². The van der Waals surface area contributed by atoms with Crippen molar-refractivity contribution in [1.29, 1.82) is 0 Å². The van der Waals surface area contributed by atoms with E-state index in [1.807, 2.05) is 0 Å². The second-order valence-electron chi connectivity index (χ2n) is 4.61. The first-order chi connectivity index (χ1) is 11.6. The van der Waals surface area contributed by atoms with Crippen molar-refractivity contribution in [2.24, 2.45) is 0 Å². The zero-order valence-electron chi connectivity index (χ0n) is 16.0. The van der Waals surface area contributed by atoms with E-state index < -0.39 is 0 Å². The minimum absolute atomic E-state index is 0. The SMILES string of the molecule is CCCCO.CCCCO.OCCN(CCO)CCO.OCCO.[Ti]. The standard InChI is InChI=1S/C6H15NO3.2C4H10O.C2H6O2.Ti/c8-4-1-7(2-5-9)3-6-10;2*1-2-3-4-5;3-1-2-4;/h8-10H,1-6H2;2*5H,2-4H2,1H3;3-4H,1-2H2;. The molecule has 0 bridgehead atoms. The zero-order chi connectivity index (χ0) is 19.5. The minimum Gasteiger partial charge on any atom is -0.396 e. The Hall–Kier alpha value is 0.394. The third kappa shape index (κ3) is 59.0. The Balaban J connectivity index is -0.0000000762. The molecule has 8 nitrogen and oxygen atoms in total. The van der Waals surface area contributed by atoms with Gasteiger partial charge in [0.25, 0.3) is 0 Å². The summed E-state index contributed by atoms with van der Waals surface area (Å²) in [6.07, 6.45) is 4.08. The van der Waals surface area contributed by atoms with E-state index in [-0.39, 0.29) is 54.8 Å². The Morgan fingerprint density at radius 1 is 0.480 bits per heavy atom. The van der Waals surface area contributed by atoms with Crippen molar-refractivity contribution in [1.82, 2.24) is 4.90 Å². The number of aliphatic hydroxyl groups excluding tert-OH is 7. The van der Waals surface area contributed by atoms with Gasteiger partial charge in [0.1, 0.15) is 0 Å². The molecule has 0 aliphatic carbocycles. The molecule has 0 aliphatic heterocycles. The monoisotopic (exact) mass is 407 g/mol. The van der Waals surface area contributed by atoms with E-state index in [1.165, 1.54) is 0 Å². The van der Waals surface area contributed by atoms with Crippen molar-refractivity contribution in [2.45, 2.75) is 39.5 Å². The first-order valence-corrected chi connectivity index (χ1v) is 8.58. The molecule has 0 rings (SSSR count). The van der Waals surface area contributed by atoms with Crippen LogP contribution in [0, 0.1) is 0 Å². The van der Waals surface area contributed by atoms with Gasteiger partial charge in [-0.25, -0.2) is 0 Å². The molecule has 0 atom stereocenters. The predicted molar refractivity (Wildman–Crippen MR) is 95.9 cm³/mol. The van der Waals surface area contributed by atoms with Gasteiger partial charge in [0.15, 0.2) is 0 Å². The van der Waals surface area contributed by atoms with E-state index in [0.717, 1.165) is 25.7 Å². The van der Waals surface area contributed by atoms with Gasteiger partial charge in [-0.05, 0) is 12.8 Å². The Kier molecular flexibility index (Phi) is 64.1. The van der Waals surface area contributed by atoms with E-state index in [9.17, 15) is 0 Å². The van der Waals surface area contributed by atoms with Crippen LogP contribution in [0.1, 0.15) is 39.5 Å². The van der Waals surface area contributed by atoms with E-state index in [4.69, 9.17) is 35.7 Å². The van der Waals surface area contributed by atoms with E-state index in [0.29, 0.717) is 32.8 Å². The van der Waals surface area contributed by atoms with Crippen LogP contribution in [-0.4, -0.2) is 107 Å². The number of aliphatic hydroxyl groups is 7. The van der Waals surface area contributed by atoms with Crippen LogP contribution in [0.3, 0.4) is 0 Å². The molecule has 0 unspecified atom stereocenters. The van der Waals surface area contributed by atoms with Crippen LogP contribution in [0.2, 0.25) is 0 Å². The van der Waals surface area contributed by atoms with E-state index in [1.54, 1.807) is 4.90 Å². The van der Waals surface area contributed by atoms with Gasteiger partial charge in [-0.3, -0.25) is 4.90 Å². The van der Waals surface area contributed by atoms with Crippen LogP contribution in [-0.2, 0) is 21.7 Å². The maximum Gasteiger partial charge on any atom is 0.0662 e. The third-order valence-electron chi connectivity index (χ3n) is 2.37. The summed E-state index contributed by atoms with van der Waals surface area (Å²) in [7, 11) is 0. The molecule has 156 valence electrons. The van der Waals surface area contributed by atoms with Crippen LogP contribution in [0.4, 0.5) is 0 Å². The third-order valence-corrected chi connectivity index (χ3v) is 2.37. The summed E-state index contributed by atoms with van der Waals surface area (Å²) in [5, 5.41) is 56.8. The van der Waals surface area contributed by atoms with Gasteiger partial charge in [0.2, 0.25) is 0 Å². The maximum atomic E-state index is 8.48. The average molecular weight is 407 g/mol. The predicted octanol–water partition coefficient (Wildman–Crippen LogP) is -1.21. The number of nitrogens with zero attached hydrogens (tertiary/aromatic N) is 1. The van der Waals surface area contributed by atoms with Crippen LogP contribution in [0.25, 0.3) is 0 Å². The number of hydrogen-bond donors (Lipinski definition) is 7. The quantitative estimate of drug-likeness (QED) is 0.211. The molecule has 7 N–H and O–H groups in total. The van der Waals surface area contributed by atoms with Crippen molar-refractivity contribution in [3.8, 4) is 0 Å². The smallest absolute Gasteiger partial charge is 0.0662 e. The Labute approximate surface area is 168 Å². The fourth-order valence-corrected chi connectivity index (χ4v) is 1.08. The molecular formula is C16H41NO7Ti. The second kappa shape index (κ2) is 44.1. The van der Waals surface area contributed by atoms with Crippen LogP contribution < -0.4 is 0 Å². The molecule has 0 spiro atoms. The number of hydrogen-bond acceptors (Lipinski definition) is 8. The molecular weight excluding hydrogens is 366 g/mol.